The minimum Gasteiger partial charge on any atom is -0.459 e. The van der Waals surface area contributed by atoms with Gasteiger partial charge in [0, 0.05) is 0 Å². The SMILES string of the molecule is O=C(OCC1O[C@@H](O[C@@H]2C(OC(=O)c3ccccc3)[C@H](OC3[C@H](O)OC(COC(=O)c4ccccc4)[C@H](OC(=O)c4ccccc4)[C@@H]3OC(=O)c3ccccc3)OC(COC(=O)c3ccccc3)[C@@H]2OC(=O)c2ccccc2)C(OC(=O)c2ccccc2)[C@@H](O)[C@H]1OC(=O)c1ccccc1)c1ccccc1. The molecule has 3 aliphatic heterocycles. The molecule has 15 atom stereocenters. The second-order valence-electron chi connectivity index (χ2n) is 24.2. The fourth-order valence-electron chi connectivity index (χ4n) is 11.8. The summed E-state index contributed by atoms with van der Waals surface area (Å²) in [4.78, 5) is 130. The molecule has 106 heavy (non-hydrogen) atoms. The second kappa shape index (κ2) is 35.4. The Bertz CT molecular complexity index is 4430. The fraction of sp³-hybridized carbons (Fsp3) is 0.222. The Hall–Kier alpha value is -12.1. The fourth-order valence-corrected chi connectivity index (χ4v) is 11.8. The highest BCUT2D eigenvalue weighted by Gasteiger charge is 2.60. The van der Waals surface area contributed by atoms with Crippen molar-refractivity contribution in [3.05, 3.63) is 323 Å². The van der Waals surface area contributed by atoms with E-state index in [-0.39, 0.29) is 50.1 Å². The van der Waals surface area contributed by atoms with Crippen LogP contribution in [0.1, 0.15) is 93.2 Å². The molecule has 0 bridgehead atoms. The van der Waals surface area contributed by atoms with Crippen molar-refractivity contribution in [1.82, 2.24) is 0 Å². The number of carbonyl (C=O) groups is 9. The Morgan fingerprint density at radius 2 is 0.453 bits per heavy atom. The predicted molar refractivity (Wildman–Crippen MR) is 368 cm³/mol. The van der Waals surface area contributed by atoms with Gasteiger partial charge in [0.1, 0.15) is 50.3 Å². The summed E-state index contributed by atoms with van der Waals surface area (Å²) in [5.74, 6) is -9.38. The molecular formula is C81H68O25. The molecule has 12 rings (SSSR count). The van der Waals surface area contributed by atoms with Crippen LogP contribution in [0.5, 0.6) is 0 Å². The molecule has 0 amide bonds. The smallest absolute Gasteiger partial charge is 0.338 e. The topological polar surface area (TPSA) is 323 Å². The summed E-state index contributed by atoms with van der Waals surface area (Å²) in [5.41, 5.74) is -0.284. The van der Waals surface area contributed by atoms with Crippen LogP contribution >= 0.6 is 0 Å². The number of esters is 9. The molecule has 3 saturated heterocycles. The van der Waals surface area contributed by atoms with E-state index < -0.39 is 166 Å². The zero-order valence-electron chi connectivity index (χ0n) is 56.0. The Morgan fingerprint density at radius 1 is 0.236 bits per heavy atom. The maximum absolute atomic E-state index is 15.2. The van der Waals surface area contributed by atoms with Crippen molar-refractivity contribution in [2.24, 2.45) is 0 Å². The van der Waals surface area contributed by atoms with Gasteiger partial charge in [0.2, 0.25) is 0 Å². The minimum atomic E-state index is -2.37. The largest absolute Gasteiger partial charge is 0.459 e. The molecule has 0 aliphatic carbocycles. The Balaban J connectivity index is 1.02. The van der Waals surface area contributed by atoms with E-state index in [1.54, 1.807) is 103 Å². The van der Waals surface area contributed by atoms with E-state index in [9.17, 15) is 48.6 Å². The summed E-state index contributed by atoms with van der Waals surface area (Å²) in [6.07, 6.45) is -31.6. The molecule has 3 heterocycles. The van der Waals surface area contributed by atoms with Crippen LogP contribution in [-0.2, 0) is 66.3 Å². The third kappa shape index (κ3) is 18.5. The number of aliphatic hydroxyl groups is 2. The summed E-state index contributed by atoms with van der Waals surface area (Å²) < 4.78 is 88.9. The van der Waals surface area contributed by atoms with Gasteiger partial charge in [-0.25, -0.2) is 43.2 Å². The summed E-state index contributed by atoms with van der Waals surface area (Å²) >= 11 is 0. The quantitative estimate of drug-likeness (QED) is 0.0397. The van der Waals surface area contributed by atoms with Crippen molar-refractivity contribution in [1.29, 1.82) is 0 Å². The maximum atomic E-state index is 15.2. The van der Waals surface area contributed by atoms with E-state index in [4.69, 9.17) is 66.3 Å². The first kappa shape index (κ1) is 73.7. The first-order valence-corrected chi connectivity index (χ1v) is 33.5. The molecule has 0 saturated carbocycles. The normalized spacial score (nSPS) is 23.9. The lowest BCUT2D eigenvalue weighted by Crippen LogP contribution is -2.68. The van der Waals surface area contributed by atoms with Crippen LogP contribution in [-0.4, -0.2) is 176 Å². The van der Waals surface area contributed by atoms with Gasteiger partial charge in [-0.2, -0.15) is 0 Å². The zero-order valence-corrected chi connectivity index (χ0v) is 56.0. The molecule has 542 valence electrons. The zero-order chi connectivity index (χ0) is 73.9. The minimum absolute atomic E-state index is 0.0161. The molecule has 0 aromatic heterocycles. The first-order chi connectivity index (χ1) is 51.6. The maximum Gasteiger partial charge on any atom is 0.338 e. The van der Waals surface area contributed by atoms with Gasteiger partial charge >= 0.3 is 53.7 Å². The van der Waals surface area contributed by atoms with Crippen LogP contribution < -0.4 is 0 Å². The van der Waals surface area contributed by atoms with E-state index in [1.165, 1.54) is 170 Å². The third-order valence-corrected chi connectivity index (χ3v) is 17.1. The monoisotopic (exact) mass is 1440 g/mol. The van der Waals surface area contributed by atoms with Gasteiger partial charge in [-0.15, -0.1) is 0 Å². The lowest BCUT2D eigenvalue weighted by molar-refractivity contribution is -0.380. The highest BCUT2D eigenvalue weighted by molar-refractivity contribution is 5.94. The van der Waals surface area contributed by atoms with Gasteiger partial charge in [0.05, 0.1) is 50.1 Å². The van der Waals surface area contributed by atoms with Gasteiger partial charge in [0.25, 0.3) is 0 Å². The Labute approximate surface area is 605 Å². The van der Waals surface area contributed by atoms with Crippen molar-refractivity contribution in [3.63, 3.8) is 0 Å². The molecule has 9 aromatic carbocycles. The molecule has 3 fully saturated rings. The van der Waals surface area contributed by atoms with Crippen LogP contribution in [0.15, 0.2) is 273 Å². The third-order valence-electron chi connectivity index (χ3n) is 17.1. The van der Waals surface area contributed by atoms with Gasteiger partial charge in [-0.1, -0.05) is 164 Å². The number of hydrogen-bond acceptors (Lipinski definition) is 25. The first-order valence-electron chi connectivity index (χ1n) is 33.5. The molecule has 3 aliphatic rings. The number of benzene rings is 9. The average molecular weight is 1440 g/mol. The van der Waals surface area contributed by atoms with Gasteiger partial charge in [-0.3, -0.25) is 0 Å². The average Bonchev–Trinajstić information content (AvgIpc) is 0.744. The Morgan fingerprint density at radius 3 is 0.764 bits per heavy atom. The number of aliphatic hydroxyl groups excluding tert-OH is 2. The number of ether oxygens (including phenoxy) is 14. The number of carbonyl (C=O) groups excluding carboxylic acids is 9. The van der Waals surface area contributed by atoms with Crippen LogP contribution in [0.4, 0.5) is 0 Å². The molecule has 25 nitrogen and oxygen atoms in total. The molecule has 0 spiro atoms. The van der Waals surface area contributed by atoms with E-state index in [0.717, 1.165) is 0 Å². The highest BCUT2D eigenvalue weighted by atomic mass is 16.8. The van der Waals surface area contributed by atoms with Crippen molar-refractivity contribution in [2.75, 3.05) is 19.8 Å². The van der Waals surface area contributed by atoms with Crippen molar-refractivity contribution in [3.8, 4) is 0 Å². The van der Waals surface area contributed by atoms with Crippen LogP contribution in [0.2, 0.25) is 0 Å². The van der Waals surface area contributed by atoms with Gasteiger partial charge in [-0.05, 0) is 109 Å². The highest BCUT2D eigenvalue weighted by Crippen LogP contribution is 2.39. The predicted octanol–water partition coefficient (Wildman–Crippen LogP) is 9.21. The lowest BCUT2D eigenvalue weighted by atomic mass is 9.95. The molecule has 9 aromatic rings. The second-order valence-corrected chi connectivity index (χ2v) is 24.2. The molecule has 2 N–H and O–H groups in total. The van der Waals surface area contributed by atoms with Crippen LogP contribution in [0.25, 0.3) is 0 Å². The van der Waals surface area contributed by atoms with E-state index >= 15 is 4.79 Å². The van der Waals surface area contributed by atoms with E-state index in [2.05, 4.69) is 0 Å². The van der Waals surface area contributed by atoms with Gasteiger partial charge in [0.15, 0.2) is 61.6 Å². The summed E-state index contributed by atoms with van der Waals surface area (Å²) in [7, 11) is 0. The number of rotatable bonds is 25. The van der Waals surface area contributed by atoms with Crippen molar-refractivity contribution >= 4 is 53.7 Å². The summed E-state index contributed by atoms with van der Waals surface area (Å²) in [5, 5.41) is 25.7. The molecular weight excluding hydrogens is 1370 g/mol. The van der Waals surface area contributed by atoms with E-state index in [0.29, 0.717) is 0 Å². The summed E-state index contributed by atoms with van der Waals surface area (Å²) in [6.45, 7) is -2.57. The Kier molecular flexibility index (Phi) is 24.6. The lowest BCUT2D eigenvalue weighted by Gasteiger charge is -2.50. The molecule has 0 radical (unpaired) electrons. The van der Waals surface area contributed by atoms with Crippen LogP contribution in [0.3, 0.4) is 0 Å². The van der Waals surface area contributed by atoms with Crippen molar-refractivity contribution < 1.29 is 120 Å². The standard InChI is InChI=1S/C81H68O25/c82-61-62(99-73(86)52-34-16-4-17-35-52)58(46-93-70(83)49-28-10-1-11-29-49)97-80(65(61)102-76(89)55-40-22-7-23-41-55)105-67-64(101-75(88)54-38-20-6-21-39-54)60(48-95-72(85)51-32-14-3-15-33-51)98-81(69(67)104-78(91)57-44-26-9-27-45-57)106-68-66(103-77(90)56-42-24-8-25-43-56)63(100-74(87)53-36-18-5-19-37-53)59(96-79(68)92)47-94-71(84)50-30-12-2-13-31-50/h1-45,58-69,79-82,92H,46-48H2/t58?,59?,60?,61-,62-,63-,64-,65?,66-,67-,68?,69?,79+,80-,81-/m0/s1. The van der Waals surface area contributed by atoms with Gasteiger partial charge < -0.3 is 76.5 Å². The van der Waals surface area contributed by atoms with E-state index in [1.807, 2.05) is 0 Å². The summed E-state index contributed by atoms with van der Waals surface area (Å²) in [6, 6.07) is 67.8. The molecule has 25 heteroatoms. The van der Waals surface area contributed by atoms with Crippen molar-refractivity contribution in [2.45, 2.75) is 92.1 Å². The number of hydrogen-bond donors (Lipinski definition) is 2. The van der Waals surface area contributed by atoms with Crippen LogP contribution in [0, 0.1) is 0 Å². The molecule has 6 unspecified atom stereocenters.